The van der Waals surface area contributed by atoms with Crippen molar-refractivity contribution in [1.82, 2.24) is 14.9 Å². The molecular formula is C21H33N3O4. The zero-order valence-electron chi connectivity index (χ0n) is 17.6. The first-order chi connectivity index (χ1) is 13.1. The number of rotatable bonds is 6. The van der Waals surface area contributed by atoms with Gasteiger partial charge in [0.1, 0.15) is 5.60 Å². The van der Waals surface area contributed by atoms with Gasteiger partial charge in [0.25, 0.3) is 0 Å². The Kier molecular flexibility index (Phi) is 7.27. The molecule has 1 unspecified atom stereocenters. The number of nitrogens with one attached hydrogen (secondary N) is 1. The van der Waals surface area contributed by atoms with Crippen LogP contribution < -0.4 is 5.32 Å². The molecule has 1 fully saturated rings. The Labute approximate surface area is 167 Å². The molecule has 7 nitrogen and oxygen atoms in total. The molecule has 1 heterocycles. The number of carbonyl (C=O) groups is 2. The van der Waals surface area contributed by atoms with E-state index in [0.29, 0.717) is 18.2 Å². The molecule has 156 valence electrons. The number of hydrogen-bond acceptors (Lipinski definition) is 4. The van der Waals surface area contributed by atoms with E-state index in [1.165, 1.54) is 18.9 Å². The number of imidazole rings is 1. The average molecular weight is 392 g/mol. The van der Waals surface area contributed by atoms with Gasteiger partial charge in [-0.25, -0.2) is 14.6 Å². The summed E-state index contributed by atoms with van der Waals surface area (Å²) >= 11 is 0. The number of aromatic nitrogens is 2. The van der Waals surface area contributed by atoms with Crippen LogP contribution in [0.3, 0.4) is 0 Å². The van der Waals surface area contributed by atoms with Crippen molar-refractivity contribution in [1.29, 1.82) is 0 Å². The highest BCUT2D eigenvalue weighted by Crippen LogP contribution is 2.31. The molecule has 0 saturated heterocycles. The van der Waals surface area contributed by atoms with E-state index in [4.69, 9.17) is 4.74 Å². The number of alkyl carbamates (subject to hydrolysis) is 1. The Hall–Kier alpha value is -2.31. The molecule has 1 aromatic heterocycles. The van der Waals surface area contributed by atoms with Crippen molar-refractivity contribution in [2.75, 3.05) is 0 Å². The summed E-state index contributed by atoms with van der Waals surface area (Å²) in [6.45, 7) is 9.39. The fraction of sp³-hybridized carbons (Fsp3) is 0.667. The summed E-state index contributed by atoms with van der Waals surface area (Å²) in [6, 6.07) is -0.242. The summed E-state index contributed by atoms with van der Waals surface area (Å²) in [5.74, 6) is -0.314. The van der Waals surface area contributed by atoms with Gasteiger partial charge in [0, 0.05) is 12.2 Å². The van der Waals surface area contributed by atoms with Crippen LogP contribution in [0, 0.1) is 5.92 Å². The second-order valence-electron chi connectivity index (χ2n) is 8.67. The Bertz CT molecular complexity index is 709. The van der Waals surface area contributed by atoms with Crippen molar-refractivity contribution in [3.63, 3.8) is 0 Å². The van der Waals surface area contributed by atoms with E-state index in [2.05, 4.69) is 21.8 Å². The number of carboxylic acid groups (broad SMARTS) is 1. The SMILES string of the molecule is CCC(NC(=O)OC(C)(C)C)C(=Cc1cn(C2CCC(C)CC2)cn1)C(=O)O. The summed E-state index contributed by atoms with van der Waals surface area (Å²) in [7, 11) is 0. The first-order valence-electron chi connectivity index (χ1n) is 10.1. The summed E-state index contributed by atoms with van der Waals surface area (Å²) in [5.41, 5.74) is 0.0301. The van der Waals surface area contributed by atoms with Crippen molar-refractivity contribution in [2.45, 2.75) is 84.4 Å². The molecule has 0 aromatic carbocycles. The lowest BCUT2D eigenvalue weighted by molar-refractivity contribution is -0.132. The molecule has 1 aliphatic carbocycles. The number of amides is 1. The maximum atomic E-state index is 12.1. The first kappa shape index (κ1) is 22.0. The van der Waals surface area contributed by atoms with E-state index in [1.54, 1.807) is 27.1 Å². The lowest BCUT2D eigenvalue weighted by Crippen LogP contribution is -2.41. The third-order valence-electron chi connectivity index (χ3n) is 5.05. The molecule has 1 aliphatic rings. The highest BCUT2D eigenvalue weighted by molar-refractivity contribution is 5.94. The molecular weight excluding hydrogens is 358 g/mol. The molecule has 1 aromatic rings. The first-order valence-corrected chi connectivity index (χ1v) is 10.1. The topological polar surface area (TPSA) is 93.5 Å². The Morgan fingerprint density at radius 2 is 2.00 bits per heavy atom. The summed E-state index contributed by atoms with van der Waals surface area (Å²) < 4.78 is 7.34. The van der Waals surface area contributed by atoms with Crippen LogP contribution in [0.1, 0.15) is 78.5 Å². The van der Waals surface area contributed by atoms with E-state index in [0.717, 1.165) is 18.8 Å². The molecule has 1 atom stereocenters. The molecule has 1 amide bonds. The van der Waals surface area contributed by atoms with Crippen molar-refractivity contribution in [3.05, 3.63) is 23.8 Å². The van der Waals surface area contributed by atoms with E-state index >= 15 is 0 Å². The van der Waals surface area contributed by atoms with Crippen molar-refractivity contribution >= 4 is 18.1 Å². The Morgan fingerprint density at radius 1 is 1.36 bits per heavy atom. The van der Waals surface area contributed by atoms with Gasteiger partial charge >= 0.3 is 12.1 Å². The number of nitrogens with zero attached hydrogens (tertiary/aromatic N) is 2. The predicted molar refractivity (Wildman–Crippen MR) is 108 cm³/mol. The normalized spacial score (nSPS) is 21.8. The van der Waals surface area contributed by atoms with E-state index < -0.39 is 23.7 Å². The van der Waals surface area contributed by atoms with Crippen LogP contribution in [0.25, 0.3) is 6.08 Å². The smallest absolute Gasteiger partial charge is 0.408 e. The molecule has 2 N–H and O–H groups in total. The fourth-order valence-electron chi connectivity index (χ4n) is 3.49. The standard InChI is InChI=1S/C21H33N3O4/c1-6-18(23-20(27)28-21(3,4)5)17(19(25)26)11-15-12-24(13-22-15)16-9-7-14(2)8-10-16/h11-14,16,18H,6-10H2,1-5H3,(H,23,27)(H,25,26). The van der Waals surface area contributed by atoms with Gasteiger partial charge in [-0.05, 0) is 64.9 Å². The van der Waals surface area contributed by atoms with Crippen molar-refractivity contribution < 1.29 is 19.4 Å². The molecule has 7 heteroatoms. The van der Waals surface area contributed by atoms with E-state index in [-0.39, 0.29) is 5.57 Å². The highest BCUT2D eigenvalue weighted by Gasteiger charge is 2.25. The van der Waals surface area contributed by atoms with Crippen LogP contribution >= 0.6 is 0 Å². The van der Waals surface area contributed by atoms with Crippen LogP contribution in [-0.4, -0.2) is 38.4 Å². The minimum Gasteiger partial charge on any atom is -0.478 e. The predicted octanol–water partition coefficient (Wildman–Crippen LogP) is 4.41. The molecule has 0 aliphatic heterocycles. The van der Waals surface area contributed by atoms with Gasteiger partial charge in [-0.2, -0.15) is 0 Å². The Morgan fingerprint density at radius 3 is 2.54 bits per heavy atom. The van der Waals surface area contributed by atoms with Gasteiger partial charge < -0.3 is 19.7 Å². The molecule has 1 saturated carbocycles. The van der Waals surface area contributed by atoms with Crippen molar-refractivity contribution in [2.24, 2.45) is 5.92 Å². The maximum Gasteiger partial charge on any atom is 0.408 e. The monoisotopic (exact) mass is 391 g/mol. The quantitative estimate of drug-likeness (QED) is 0.701. The van der Waals surface area contributed by atoms with Gasteiger partial charge in [-0.3, -0.25) is 0 Å². The summed E-state index contributed by atoms with van der Waals surface area (Å²) in [6.07, 6.45) is 9.63. The third-order valence-corrected chi connectivity index (χ3v) is 5.05. The van der Waals surface area contributed by atoms with Crippen LogP contribution in [0.5, 0.6) is 0 Å². The number of aliphatic carboxylic acids is 1. The maximum absolute atomic E-state index is 12.1. The molecule has 2 rings (SSSR count). The number of hydrogen-bond donors (Lipinski definition) is 2. The summed E-state index contributed by atoms with van der Waals surface area (Å²) in [4.78, 5) is 28.3. The zero-order chi connectivity index (χ0) is 20.9. The van der Waals surface area contributed by atoms with Gasteiger partial charge in [-0.1, -0.05) is 13.8 Å². The Balaban J connectivity index is 2.14. The minimum absolute atomic E-state index is 0.0934. The lowest BCUT2D eigenvalue weighted by atomic mass is 9.87. The van der Waals surface area contributed by atoms with Crippen LogP contribution in [0.15, 0.2) is 18.1 Å². The second kappa shape index (κ2) is 9.26. The fourth-order valence-corrected chi connectivity index (χ4v) is 3.49. The van der Waals surface area contributed by atoms with Crippen LogP contribution in [0.4, 0.5) is 4.79 Å². The van der Waals surface area contributed by atoms with Crippen LogP contribution in [0.2, 0.25) is 0 Å². The van der Waals surface area contributed by atoms with Crippen LogP contribution in [-0.2, 0) is 9.53 Å². The zero-order valence-corrected chi connectivity index (χ0v) is 17.6. The van der Waals surface area contributed by atoms with Gasteiger partial charge in [-0.15, -0.1) is 0 Å². The largest absolute Gasteiger partial charge is 0.478 e. The van der Waals surface area contributed by atoms with E-state index in [1.807, 2.05) is 13.1 Å². The molecule has 0 bridgehead atoms. The van der Waals surface area contributed by atoms with Gasteiger partial charge in [0.2, 0.25) is 0 Å². The number of ether oxygens (including phenoxy) is 1. The van der Waals surface area contributed by atoms with E-state index in [9.17, 15) is 14.7 Å². The molecule has 28 heavy (non-hydrogen) atoms. The molecule has 0 spiro atoms. The van der Waals surface area contributed by atoms with Gasteiger partial charge in [0.05, 0.1) is 23.6 Å². The molecule has 0 radical (unpaired) electrons. The lowest BCUT2D eigenvalue weighted by Gasteiger charge is -2.26. The number of carbonyl (C=O) groups excluding carboxylic acids is 1. The van der Waals surface area contributed by atoms with Gasteiger partial charge in [0.15, 0.2) is 0 Å². The third kappa shape index (κ3) is 6.39. The highest BCUT2D eigenvalue weighted by atomic mass is 16.6. The average Bonchev–Trinajstić information content (AvgIpc) is 3.05. The minimum atomic E-state index is -1.08. The second-order valence-corrected chi connectivity index (χ2v) is 8.67. The summed E-state index contributed by atoms with van der Waals surface area (Å²) in [5, 5.41) is 12.3. The number of carboxylic acids is 1. The van der Waals surface area contributed by atoms with Crippen molar-refractivity contribution in [3.8, 4) is 0 Å².